The molecule has 0 bridgehead atoms. The lowest BCUT2D eigenvalue weighted by molar-refractivity contribution is -0.285. The molecule has 2 saturated heterocycles. The molecule has 1 amide bonds. The van der Waals surface area contributed by atoms with E-state index in [-0.39, 0.29) is 18.2 Å². The van der Waals surface area contributed by atoms with Gasteiger partial charge in [-0.15, -0.1) is 0 Å². The number of nitrogens with zero attached hydrogens (tertiary/aromatic N) is 3. The maximum absolute atomic E-state index is 13.7. The molecule has 0 saturated carbocycles. The topological polar surface area (TPSA) is 114 Å². The van der Waals surface area contributed by atoms with Gasteiger partial charge in [-0.3, -0.25) is 29.2 Å². The number of Topliss-reactive ketones (excluding diaryl/α,β-unsaturated/α-hetero) is 1. The van der Waals surface area contributed by atoms with Gasteiger partial charge >= 0.3 is 0 Å². The van der Waals surface area contributed by atoms with Gasteiger partial charge in [0.1, 0.15) is 11.8 Å². The molecule has 4 aliphatic heterocycles. The summed E-state index contributed by atoms with van der Waals surface area (Å²) in [5.74, 6) is -2.56. The summed E-state index contributed by atoms with van der Waals surface area (Å²) < 4.78 is 7.95. The molecule has 0 aliphatic carbocycles. The highest BCUT2D eigenvalue weighted by molar-refractivity contribution is 6.03. The third kappa shape index (κ3) is 2.20. The number of carbonyl (C=O) groups is 2. The molecule has 1 spiro atoms. The van der Waals surface area contributed by atoms with E-state index >= 15 is 0 Å². The average Bonchev–Trinajstić information content (AvgIpc) is 3.42. The maximum atomic E-state index is 13.7. The van der Waals surface area contributed by atoms with Crippen molar-refractivity contribution in [1.29, 1.82) is 0 Å². The number of ketones is 1. The fourth-order valence-electron chi connectivity index (χ4n) is 6.50. The van der Waals surface area contributed by atoms with Gasteiger partial charge in [0.15, 0.2) is 5.82 Å². The first kappa shape index (κ1) is 20.9. The van der Waals surface area contributed by atoms with Crippen molar-refractivity contribution in [3.8, 4) is 0 Å². The number of hydrogen-bond donors (Lipinski definition) is 2. The Morgan fingerprint density at radius 2 is 1.80 bits per heavy atom. The summed E-state index contributed by atoms with van der Waals surface area (Å²) in [5, 5.41) is 15.9. The van der Waals surface area contributed by atoms with E-state index in [1.54, 1.807) is 49.9 Å². The molecule has 2 aromatic carbocycles. The Balaban J connectivity index is 1.51. The van der Waals surface area contributed by atoms with Gasteiger partial charge in [-0.2, -0.15) is 0 Å². The Morgan fingerprint density at radius 1 is 1.09 bits per heavy atom. The molecule has 0 radical (unpaired) electrons. The largest absolute Gasteiger partial charge is 0.363 e. The first-order valence-corrected chi connectivity index (χ1v) is 11.8. The van der Waals surface area contributed by atoms with E-state index in [2.05, 4.69) is 10.3 Å². The van der Waals surface area contributed by atoms with Crippen LogP contribution in [0.3, 0.4) is 0 Å². The van der Waals surface area contributed by atoms with E-state index in [0.29, 0.717) is 16.6 Å². The predicted molar refractivity (Wildman–Crippen MR) is 126 cm³/mol. The molecular weight excluding hydrogens is 448 g/mol. The number of fused-ring (bicyclic) bond motifs is 9. The number of carbonyl (C=O) groups excluding carboxylic acids is 2. The first-order chi connectivity index (χ1) is 16.6. The molecule has 35 heavy (non-hydrogen) atoms. The highest BCUT2D eigenvalue weighted by atomic mass is 16.7. The van der Waals surface area contributed by atoms with E-state index in [0.717, 1.165) is 5.56 Å². The van der Waals surface area contributed by atoms with Crippen molar-refractivity contribution in [1.82, 2.24) is 14.9 Å². The lowest BCUT2D eigenvalue weighted by Gasteiger charge is -2.46. The van der Waals surface area contributed by atoms with Gasteiger partial charge in [0.25, 0.3) is 5.56 Å². The zero-order valence-corrected chi connectivity index (χ0v) is 19.5. The van der Waals surface area contributed by atoms with Gasteiger partial charge in [0, 0.05) is 12.0 Å². The Morgan fingerprint density at radius 3 is 2.60 bits per heavy atom. The van der Waals surface area contributed by atoms with Crippen LogP contribution in [0.4, 0.5) is 5.69 Å². The Kier molecular flexibility index (Phi) is 3.73. The number of aromatic nitrogens is 2. The predicted octanol–water partition coefficient (Wildman–Crippen LogP) is 1.83. The summed E-state index contributed by atoms with van der Waals surface area (Å²) in [6.45, 7) is 5.04. The minimum absolute atomic E-state index is 0.0148. The van der Waals surface area contributed by atoms with Crippen LogP contribution in [0.25, 0.3) is 10.9 Å². The second-order valence-electron chi connectivity index (χ2n) is 10.5. The molecule has 5 unspecified atom stereocenters. The van der Waals surface area contributed by atoms with Crippen molar-refractivity contribution < 1.29 is 19.4 Å². The zero-order valence-electron chi connectivity index (χ0n) is 19.5. The molecule has 9 heteroatoms. The number of para-hydroxylation sites is 2. The van der Waals surface area contributed by atoms with Crippen LogP contribution in [-0.2, 0) is 15.1 Å². The molecule has 4 aliphatic rings. The first-order valence-electron chi connectivity index (χ1n) is 11.8. The molecule has 5 heterocycles. The number of hydrogen-bond acceptors (Lipinski definition) is 7. The molecule has 2 N–H and O–H groups in total. The number of aliphatic hydroxyl groups is 1. The van der Waals surface area contributed by atoms with Crippen molar-refractivity contribution in [2.24, 2.45) is 5.41 Å². The van der Waals surface area contributed by atoms with Crippen LogP contribution in [0.2, 0.25) is 0 Å². The Hall–Kier alpha value is -3.40. The van der Waals surface area contributed by atoms with Gasteiger partial charge in [-0.1, -0.05) is 30.3 Å². The second kappa shape index (κ2) is 6.23. The van der Waals surface area contributed by atoms with Gasteiger partial charge in [0.05, 0.1) is 34.1 Å². The number of amides is 1. The summed E-state index contributed by atoms with van der Waals surface area (Å²) >= 11 is 0. The Bertz CT molecular complexity index is 1550. The van der Waals surface area contributed by atoms with E-state index in [1.807, 2.05) is 24.3 Å². The van der Waals surface area contributed by atoms with E-state index < -0.39 is 46.4 Å². The van der Waals surface area contributed by atoms with Crippen molar-refractivity contribution in [3.63, 3.8) is 0 Å². The monoisotopic (exact) mass is 472 g/mol. The zero-order chi connectivity index (χ0) is 24.5. The van der Waals surface area contributed by atoms with E-state index in [4.69, 9.17) is 4.74 Å². The lowest BCUT2D eigenvalue weighted by Crippen LogP contribution is -2.61. The lowest BCUT2D eigenvalue weighted by atomic mass is 9.72. The number of ether oxygens (including phenoxy) is 1. The molecule has 7 rings (SSSR count). The summed E-state index contributed by atoms with van der Waals surface area (Å²) in [7, 11) is 0. The minimum atomic E-state index is -2.01. The number of nitrogens with one attached hydrogen (secondary N) is 1. The molecule has 1 aromatic heterocycles. The molecule has 9 nitrogen and oxygen atoms in total. The Labute approximate surface area is 200 Å². The van der Waals surface area contributed by atoms with Crippen LogP contribution in [0.15, 0.2) is 53.3 Å². The summed E-state index contributed by atoms with van der Waals surface area (Å²) in [4.78, 5) is 46.8. The number of benzene rings is 2. The number of rotatable bonds is 0. The van der Waals surface area contributed by atoms with Crippen LogP contribution in [-0.4, -0.2) is 44.3 Å². The van der Waals surface area contributed by atoms with E-state index in [1.165, 1.54) is 4.57 Å². The van der Waals surface area contributed by atoms with Crippen molar-refractivity contribution in [3.05, 3.63) is 70.3 Å². The van der Waals surface area contributed by atoms with Gasteiger partial charge < -0.3 is 9.84 Å². The molecule has 2 fully saturated rings. The smallest absolute Gasteiger partial charge is 0.262 e. The average molecular weight is 473 g/mol. The molecule has 5 atom stereocenters. The normalized spacial score (nSPS) is 34.3. The van der Waals surface area contributed by atoms with Gasteiger partial charge in [-0.05, 0) is 39.0 Å². The molecule has 178 valence electrons. The van der Waals surface area contributed by atoms with Crippen LogP contribution in [0, 0.1) is 5.41 Å². The molecule has 3 aromatic rings. The fourth-order valence-corrected chi connectivity index (χ4v) is 6.50. The van der Waals surface area contributed by atoms with Crippen LogP contribution >= 0.6 is 0 Å². The summed E-state index contributed by atoms with van der Waals surface area (Å²) in [5.41, 5.74) is -1.09. The summed E-state index contributed by atoms with van der Waals surface area (Å²) in [6, 6.07) is 13.0. The van der Waals surface area contributed by atoms with Crippen molar-refractivity contribution in [2.75, 3.05) is 4.90 Å². The van der Waals surface area contributed by atoms with Crippen LogP contribution in [0.1, 0.15) is 49.4 Å². The SMILES string of the molecule is CC1NC2N(C1=O)c1ccccc1C21CC2n3c(nc4ccccc4c3=O)C(=O)C(C)(C)C2(O)O1. The highest BCUT2D eigenvalue weighted by Crippen LogP contribution is 2.63. The summed E-state index contributed by atoms with van der Waals surface area (Å²) in [6.07, 6.45) is -0.409. The minimum Gasteiger partial charge on any atom is -0.363 e. The van der Waals surface area contributed by atoms with Crippen molar-refractivity contribution in [2.45, 2.75) is 56.8 Å². The fraction of sp³-hybridized carbons (Fsp3) is 0.385. The third-order valence-electron chi connectivity index (χ3n) is 8.41. The molecular formula is C26H24N4O5. The second-order valence-corrected chi connectivity index (χ2v) is 10.5. The number of anilines is 1. The third-order valence-corrected chi connectivity index (χ3v) is 8.41. The van der Waals surface area contributed by atoms with Gasteiger partial charge in [-0.25, -0.2) is 4.98 Å². The van der Waals surface area contributed by atoms with Crippen LogP contribution in [0.5, 0.6) is 0 Å². The standard InChI is InChI=1S/C26H24N4O5/c1-13-21(32)29-17-11-7-5-9-15(17)25(23(29)27-13)12-18-26(34,35-25)24(2,3)19(31)20-28-16-10-6-4-8-14(16)22(33)30(18)20/h4-11,13,18,23,27,34H,12H2,1-3H3. The maximum Gasteiger partial charge on any atom is 0.262 e. The van der Waals surface area contributed by atoms with Gasteiger partial charge in [0.2, 0.25) is 17.5 Å². The van der Waals surface area contributed by atoms with Crippen molar-refractivity contribution >= 4 is 28.3 Å². The van der Waals surface area contributed by atoms with E-state index in [9.17, 15) is 19.5 Å². The quantitative estimate of drug-likeness (QED) is 0.513. The highest BCUT2D eigenvalue weighted by Gasteiger charge is 2.73. The van der Waals surface area contributed by atoms with Crippen LogP contribution < -0.4 is 15.8 Å².